The third-order valence-corrected chi connectivity index (χ3v) is 6.69. The highest BCUT2D eigenvalue weighted by molar-refractivity contribution is 7.07. The lowest BCUT2D eigenvalue weighted by Crippen LogP contribution is -2.56. The molecule has 0 spiro atoms. The van der Waals surface area contributed by atoms with Crippen molar-refractivity contribution < 1.29 is 4.79 Å². The van der Waals surface area contributed by atoms with E-state index >= 15 is 0 Å². The fourth-order valence-electron chi connectivity index (χ4n) is 4.61. The van der Waals surface area contributed by atoms with E-state index in [0.29, 0.717) is 23.6 Å². The molecular weight excluding hydrogens is 366 g/mol. The second-order valence-corrected chi connectivity index (χ2v) is 8.46. The molecule has 3 aromatic rings. The summed E-state index contributed by atoms with van der Waals surface area (Å²) >= 11 is 1.48. The lowest BCUT2D eigenvalue weighted by molar-refractivity contribution is 0.0483. The molecule has 0 bridgehead atoms. The van der Waals surface area contributed by atoms with E-state index in [0.717, 1.165) is 26.2 Å². The minimum atomic E-state index is 0.0817. The van der Waals surface area contributed by atoms with Crippen molar-refractivity contribution >= 4 is 17.2 Å². The van der Waals surface area contributed by atoms with E-state index in [4.69, 9.17) is 0 Å². The summed E-state index contributed by atoms with van der Waals surface area (Å²) in [5.74, 6) is 1.03. The number of nitrogens with zero attached hydrogens (tertiary/aromatic N) is 3. The van der Waals surface area contributed by atoms with Gasteiger partial charge in [-0.3, -0.25) is 9.69 Å². The Morgan fingerprint density at radius 1 is 1.00 bits per heavy atom. The third-order valence-electron chi connectivity index (χ3n) is 6.10. The van der Waals surface area contributed by atoms with Gasteiger partial charge in [0, 0.05) is 49.4 Å². The number of carbonyl (C=O) groups is 1. The van der Waals surface area contributed by atoms with Gasteiger partial charge in [-0.05, 0) is 11.1 Å². The standard InChI is InChI=1S/C23H23N3OS/c27-23(21-15-28-16-24-21)26-12-19-11-25(22(19)14-26)13-20(17-7-3-1-4-8-17)18-9-5-2-6-10-18/h1-10,15-16,19-20,22H,11-14H2. The Morgan fingerprint density at radius 2 is 1.68 bits per heavy atom. The fraction of sp³-hybridized carbons (Fsp3) is 0.304. The minimum absolute atomic E-state index is 0.0817. The molecule has 4 nitrogen and oxygen atoms in total. The highest BCUT2D eigenvalue weighted by Crippen LogP contribution is 2.36. The van der Waals surface area contributed by atoms with Gasteiger partial charge in [0.25, 0.3) is 5.91 Å². The summed E-state index contributed by atoms with van der Waals surface area (Å²) in [6, 6.07) is 22.0. The Bertz CT molecular complexity index is 890. The van der Waals surface area contributed by atoms with E-state index in [-0.39, 0.29) is 5.91 Å². The van der Waals surface area contributed by atoms with Crippen LogP contribution in [0, 0.1) is 5.92 Å². The van der Waals surface area contributed by atoms with Gasteiger partial charge in [-0.2, -0.15) is 0 Å². The zero-order valence-electron chi connectivity index (χ0n) is 15.6. The van der Waals surface area contributed by atoms with Crippen LogP contribution in [0.5, 0.6) is 0 Å². The molecule has 2 unspecified atom stereocenters. The minimum Gasteiger partial charge on any atom is -0.335 e. The normalized spacial score (nSPS) is 21.5. The maximum Gasteiger partial charge on any atom is 0.273 e. The van der Waals surface area contributed by atoms with E-state index in [2.05, 4.69) is 70.5 Å². The number of likely N-dealkylation sites (tertiary alicyclic amines) is 2. The van der Waals surface area contributed by atoms with Crippen molar-refractivity contribution in [3.05, 3.63) is 88.4 Å². The molecule has 2 fully saturated rings. The zero-order chi connectivity index (χ0) is 18.9. The predicted molar refractivity (Wildman–Crippen MR) is 112 cm³/mol. The third kappa shape index (κ3) is 3.25. The molecule has 2 aliphatic rings. The van der Waals surface area contributed by atoms with Crippen LogP contribution in [0.1, 0.15) is 27.5 Å². The zero-order valence-corrected chi connectivity index (χ0v) is 16.5. The van der Waals surface area contributed by atoms with Crippen LogP contribution < -0.4 is 0 Å². The van der Waals surface area contributed by atoms with Gasteiger partial charge >= 0.3 is 0 Å². The lowest BCUT2D eigenvalue weighted by atomic mass is 9.86. The lowest BCUT2D eigenvalue weighted by Gasteiger charge is -2.45. The van der Waals surface area contributed by atoms with Crippen LogP contribution in [0.4, 0.5) is 0 Å². The van der Waals surface area contributed by atoms with Crippen LogP contribution in [0.25, 0.3) is 0 Å². The molecular formula is C23H23N3OS. The highest BCUT2D eigenvalue weighted by atomic mass is 32.1. The summed E-state index contributed by atoms with van der Waals surface area (Å²) in [7, 11) is 0. The second kappa shape index (κ2) is 7.49. The van der Waals surface area contributed by atoms with Crippen molar-refractivity contribution in [2.75, 3.05) is 26.2 Å². The maximum absolute atomic E-state index is 12.7. The SMILES string of the molecule is O=C(c1cscn1)N1CC2CN(CC(c3ccccc3)c3ccccc3)C2C1. The first-order chi connectivity index (χ1) is 13.8. The van der Waals surface area contributed by atoms with Gasteiger partial charge in [0.1, 0.15) is 5.69 Å². The number of aromatic nitrogens is 1. The largest absolute Gasteiger partial charge is 0.335 e. The number of thiazole rings is 1. The first kappa shape index (κ1) is 17.6. The van der Waals surface area contributed by atoms with E-state index < -0.39 is 0 Å². The Kier molecular flexibility index (Phi) is 4.71. The van der Waals surface area contributed by atoms with Crippen LogP contribution in [0.15, 0.2) is 71.6 Å². The molecule has 1 aromatic heterocycles. The first-order valence-corrected chi connectivity index (χ1v) is 10.8. The monoisotopic (exact) mass is 389 g/mol. The number of fused-ring (bicyclic) bond motifs is 1. The topological polar surface area (TPSA) is 36.4 Å². The van der Waals surface area contributed by atoms with Crippen molar-refractivity contribution in [2.45, 2.75) is 12.0 Å². The van der Waals surface area contributed by atoms with Crippen molar-refractivity contribution in [1.82, 2.24) is 14.8 Å². The average molecular weight is 390 g/mol. The molecule has 2 saturated heterocycles. The molecule has 142 valence electrons. The molecule has 1 amide bonds. The quantitative estimate of drug-likeness (QED) is 0.667. The molecule has 28 heavy (non-hydrogen) atoms. The summed E-state index contributed by atoms with van der Waals surface area (Å²) in [5.41, 5.74) is 5.02. The number of amides is 1. The summed E-state index contributed by atoms with van der Waals surface area (Å²) in [6.07, 6.45) is 0. The second-order valence-electron chi connectivity index (χ2n) is 7.74. The fourth-order valence-corrected chi connectivity index (χ4v) is 5.14. The molecule has 3 heterocycles. The van der Waals surface area contributed by atoms with Crippen molar-refractivity contribution in [2.24, 2.45) is 5.92 Å². The van der Waals surface area contributed by atoms with Gasteiger partial charge in [0.2, 0.25) is 0 Å². The highest BCUT2D eigenvalue weighted by Gasteiger charge is 2.47. The summed E-state index contributed by atoms with van der Waals surface area (Å²) in [4.78, 5) is 21.4. The van der Waals surface area contributed by atoms with E-state index in [9.17, 15) is 4.79 Å². The van der Waals surface area contributed by atoms with Crippen molar-refractivity contribution in [3.8, 4) is 0 Å². The Labute approximate surface area is 169 Å². The molecule has 0 radical (unpaired) electrons. The van der Waals surface area contributed by atoms with Crippen LogP contribution in [0.3, 0.4) is 0 Å². The van der Waals surface area contributed by atoms with Gasteiger partial charge < -0.3 is 4.90 Å². The summed E-state index contributed by atoms with van der Waals surface area (Å²) in [6.45, 7) is 3.74. The van der Waals surface area contributed by atoms with Gasteiger partial charge in [-0.1, -0.05) is 60.7 Å². The van der Waals surface area contributed by atoms with Crippen LogP contribution in [-0.4, -0.2) is 52.9 Å². The number of carbonyl (C=O) groups excluding carboxylic acids is 1. The Morgan fingerprint density at radius 3 is 2.29 bits per heavy atom. The van der Waals surface area contributed by atoms with Crippen LogP contribution in [-0.2, 0) is 0 Å². The smallest absolute Gasteiger partial charge is 0.273 e. The summed E-state index contributed by atoms with van der Waals surface area (Å²) in [5, 5.41) is 1.85. The first-order valence-electron chi connectivity index (χ1n) is 9.81. The van der Waals surface area contributed by atoms with Gasteiger partial charge in [0.15, 0.2) is 0 Å². The molecule has 0 aliphatic carbocycles. The number of hydrogen-bond acceptors (Lipinski definition) is 4. The summed E-state index contributed by atoms with van der Waals surface area (Å²) < 4.78 is 0. The van der Waals surface area contributed by atoms with E-state index in [1.165, 1.54) is 22.5 Å². The molecule has 5 rings (SSSR count). The van der Waals surface area contributed by atoms with Crippen LogP contribution >= 0.6 is 11.3 Å². The molecule has 2 atom stereocenters. The number of benzene rings is 2. The molecule has 0 saturated carbocycles. The van der Waals surface area contributed by atoms with Gasteiger partial charge in [-0.15, -0.1) is 11.3 Å². The number of rotatable bonds is 5. The van der Waals surface area contributed by atoms with Gasteiger partial charge in [0.05, 0.1) is 5.51 Å². The average Bonchev–Trinajstić information content (AvgIpc) is 3.38. The Hall–Kier alpha value is -2.50. The van der Waals surface area contributed by atoms with E-state index in [1.807, 2.05) is 10.3 Å². The van der Waals surface area contributed by atoms with Crippen molar-refractivity contribution in [1.29, 1.82) is 0 Å². The number of hydrogen-bond donors (Lipinski definition) is 0. The molecule has 5 heteroatoms. The molecule has 2 aliphatic heterocycles. The molecule has 2 aromatic carbocycles. The predicted octanol–water partition coefficient (Wildman–Crippen LogP) is 3.73. The Balaban J connectivity index is 1.31. The molecule has 0 N–H and O–H groups in total. The van der Waals surface area contributed by atoms with Gasteiger partial charge in [-0.25, -0.2) is 4.98 Å². The van der Waals surface area contributed by atoms with Crippen molar-refractivity contribution in [3.63, 3.8) is 0 Å². The maximum atomic E-state index is 12.7. The van der Waals surface area contributed by atoms with E-state index in [1.54, 1.807) is 5.51 Å². The van der Waals surface area contributed by atoms with Crippen LogP contribution in [0.2, 0.25) is 0 Å².